The van der Waals surface area contributed by atoms with Crippen molar-refractivity contribution in [3.63, 3.8) is 0 Å². The van der Waals surface area contributed by atoms with Gasteiger partial charge in [0.2, 0.25) is 0 Å². The first kappa shape index (κ1) is 16.3. The molecule has 0 aliphatic heterocycles. The maximum absolute atomic E-state index is 5.40. The summed E-state index contributed by atoms with van der Waals surface area (Å²) in [5.74, 6) is 2.73. The van der Waals surface area contributed by atoms with Gasteiger partial charge in [0.15, 0.2) is 5.96 Å². The molecule has 0 saturated heterocycles. The van der Waals surface area contributed by atoms with Gasteiger partial charge in [0.1, 0.15) is 5.75 Å². The SMILES string of the molecule is CN=C(NCC(C)C)NCC(C)c1ccccc1OC. The normalized spacial score (nSPS) is 13.2. The first-order chi connectivity index (χ1) is 9.58. The zero-order chi connectivity index (χ0) is 15.0. The second kappa shape index (κ2) is 8.46. The molecule has 0 aliphatic carbocycles. The second-order valence-corrected chi connectivity index (χ2v) is 5.37. The minimum Gasteiger partial charge on any atom is -0.496 e. The third kappa shape index (κ3) is 5.11. The van der Waals surface area contributed by atoms with Crippen molar-refractivity contribution < 1.29 is 4.74 Å². The minimum atomic E-state index is 0.351. The molecule has 0 amide bonds. The van der Waals surface area contributed by atoms with Crippen LogP contribution in [0.5, 0.6) is 5.75 Å². The number of hydrogen-bond donors (Lipinski definition) is 2. The molecule has 1 aromatic carbocycles. The van der Waals surface area contributed by atoms with Crippen molar-refractivity contribution >= 4 is 5.96 Å². The van der Waals surface area contributed by atoms with Crippen molar-refractivity contribution in [1.82, 2.24) is 10.6 Å². The van der Waals surface area contributed by atoms with Gasteiger partial charge in [-0.05, 0) is 17.5 Å². The number of aliphatic imine (C=N–C) groups is 1. The largest absolute Gasteiger partial charge is 0.496 e. The van der Waals surface area contributed by atoms with Crippen LogP contribution in [0.3, 0.4) is 0 Å². The van der Waals surface area contributed by atoms with Crippen molar-refractivity contribution in [1.29, 1.82) is 0 Å². The third-order valence-electron chi connectivity index (χ3n) is 3.15. The lowest BCUT2D eigenvalue weighted by molar-refractivity contribution is 0.406. The summed E-state index contributed by atoms with van der Waals surface area (Å²) >= 11 is 0. The first-order valence-electron chi connectivity index (χ1n) is 7.15. The summed E-state index contributed by atoms with van der Waals surface area (Å²) in [5, 5.41) is 6.67. The highest BCUT2D eigenvalue weighted by Crippen LogP contribution is 2.25. The lowest BCUT2D eigenvalue weighted by atomic mass is 10.0. The summed E-state index contributed by atoms with van der Waals surface area (Å²) in [6.07, 6.45) is 0. The van der Waals surface area contributed by atoms with Gasteiger partial charge in [0, 0.05) is 26.1 Å². The van der Waals surface area contributed by atoms with Gasteiger partial charge in [-0.3, -0.25) is 4.99 Å². The Balaban J connectivity index is 2.55. The van der Waals surface area contributed by atoms with E-state index in [1.54, 1.807) is 14.2 Å². The molecule has 20 heavy (non-hydrogen) atoms. The van der Waals surface area contributed by atoms with E-state index in [1.807, 2.05) is 18.2 Å². The van der Waals surface area contributed by atoms with Crippen molar-refractivity contribution in [3.8, 4) is 5.75 Å². The van der Waals surface area contributed by atoms with Gasteiger partial charge in [-0.2, -0.15) is 0 Å². The third-order valence-corrected chi connectivity index (χ3v) is 3.15. The summed E-state index contributed by atoms with van der Waals surface area (Å²) < 4.78 is 5.40. The lowest BCUT2D eigenvalue weighted by Gasteiger charge is -2.18. The quantitative estimate of drug-likeness (QED) is 0.620. The van der Waals surface area contributed by atoms with Crippen LogP contribution in [0, 0.1) is 5.92 Å². The van der Waals surface area contributed by atoms with Gasteiger partial charge in [-0.1, -0.05) is 39.0 Å². The van der Waals surface area contributed by atoms with E-state index >= 15 is 0 Å². The van der Waals surface area contributed by atoms with Gasteiger partial charge in [-0.15, -0.1) is 0 Å². The van der Waals surface area contributed by atoms with Gasteiger partial charge >= 0.3 is 0 Å². The highest BCUT2D eigenvalue weighted by Gasteiger charge is 2.11. The van der Waals surface area contributed by atoms with E-state index in [0.717, 1.165) is 24.8 Å². The van der Waals surface area contributed by atoms with E-state index in [-0.39, 0.29) is 0 Å². The van der Waals surface area contributed by atoms with Gasteiger partial charge in [0.25, 0.3) is 0 Å². The molecule has 1 rings (SSSR count). The number of rotatable bonds is 6. The molecule has 0 radical (unpaired) electrons. The van der Waals surface area contributed by atoms with Crippen molar-refractivity contribution in [2.75, 3.05) is 27.2 Å². The first-order valence-corrected chi connectivity index (χ1v) is 7.15. The fourth-order valence-corrected chi connectivity index (χ4v) is 1.95. The number of hydrogen-bond acceptors (Lipinski definition) is 2. The number of nitrogens with one attached hydrogen (secondary N) is 2. The molecule has 2 N–H and O–H groups in total. The molecule has 0 aliphatic rings. The van der Waals surface area contributed by atoms with E-state index in [0.29, 0.717) is 11.8 Å². The van der Waals surface area contributed by atoms with E-state index in [1.165, 1.54) is 5.56 Å². The number of methoxy groups -OCH3 is 1. The molecule has 0 fully saturated rings. The zero-order valence-electron chi connectivity index (χ0n) is 13.2. The Hall–Kier alpha value is -1.71. The van der Waals surface area contributed by atoms with Crippen molar-refractivity contribution in [2.45, 2.75) is 26.7 Å². The summed E-state index contributed by atoms with van der Waals surface area (Å²) in [7, 11) is 3.51. The van der Waals surface area contributed by atoms with E-state index in [4.69, 9.17) is 4.74 Å². The maximum atomic E-state index is 5.40. The van der Waals surface area contributed by atoms with E-state index < -0.39 is 0 Å². The van der Waals surface area contributed by atoms with Crippen molar-refractivity contribution in [2.24, 2.45) is 10.9 Å². The second-order valence-electron chi connectivity index (χ2n) is 5.37. The molecular formula is C16H27N3O. The van der Waals surface area contributed by atoms with Crippen LogP contribution in [0.1, 0.15) is 32.3 Å². The topological polar surface area (TPSA) is 45.7 Å². The molecule has 112 valence electrons. The molecular weight excluding hydrogens is 250 g/mol. The molecule has 1 unspecified atom stereocenters. The van der Waals surface area contributed by atoms with Crippen LogP contribution in [-0.2, 0) is 0 Å². The van der Waals surface area contributed by atoms with E-state index in [9.17, 15) is 0 Å². The molecule has 1 atom stereocenters. The average Bonchev–Trinajstić information content (AvgIpc) is 2.46. The highest BCUT2D eigenvalue weighted by atomic mass is 16.5. The average molecular weight is 277 g/mol. The number of nitrogens with zero attached hydrogens (tertiary/aromatic N) is 1. The summed E-state index contributed by atoms with van der Waals surface area (Å²) in [5.41, 5.74) is 1.21. The Bertz CT molecular complexity index is 429. The van der Waals surface area contributed by atoms with Crippen LogP contribution >= 0.6 is 0 Å². The number of benzene rings is 1. The lowest BCUT2D eigenvalue weighted by Crippen LogP contribution is -2.40. The summed E-state index contributed by atoms with van der Waals surface area (Å²) in [6, 6.07) is 8.14. The standard InChI is InChI=1S/C16H27N3O/c1-12(2)10-18-16(17-4)19-11-13(3)14-8-6-7-9-15(14)20-5/h6-9,12-13H,10-11H2,1-5H3,(H2,17,18,19). The molecule has 4 nitrogen and oxygen atoms in total. The Morgan fingerprint density at radius 2 is 1.80 bits per heavy atom. The minimum absolute atomic E-state index is 0.351. The van der Waals surface area contributed by atoms with Crippen LogP contribution in [0.15, 0.2) is 29.3 Å². The van der Waals surface area contributed by atoms with Crippen molar-refractivity contribution in [3.05, 3.63) is 29.8 Å². The monoisotopic (exact) mass is 277 g/mol. The fraction of sp³-hybridized carbons (Fsp3) is 0.562. The van der Waals surface area contributed by atoms with Gasteiger partial charge in [-0.25, -0.2) is 0 Å². The molecule has 0 aromatic heterocycles. The van der Waals surface area contributed by atoms with E-state index in [2.05, 4.69) is 42.5 Å². The number of guanidine groups is 1. The fourth-order valence-electron chi connectivity index (χ4n) is 1.95. The predicted molar refractivity (Wildman–Crippen MR) is 85.6 cm³/mol. The maximum Gasteiger partial charge on any atom is 0.191 e. The zero-order valence-corrected chi connectivity index (χ0v) is 13.2. The Morgan fingerprint density at radius 3 is 2.40 bits per heavy atom. The summed E-state index contributed by atoms with van der Waals surface area (Å²) in [4.78, 5) is 4.23. The Labute approximate surface area is 122 Å². The van der Waals surface area contributed by atoms with Crippen LogP contribution in [0.4, 0.5) is 0 Å². The Morgan fingerprint density at radius 1 is 1.15 bits per heavy atom. The number of para-hydroxylation sites is 1. The highest BCUT2D eigenvalue weighted by molar-refractivity contribution is 5.79. The number of ether oxygens (including phenoxy) is 1. The van der Waals surface area contributed by atoms with Crippen LogP contribution in [0.2, 0.25) is 0 Å². The van der Waals surface area contributed by atoms with Crippen LogP contribution in [-0.4, -0.2) is 33.2 Å². The van der Waals surface area contributed by atoms with Crippen LogP contribution in [0.25, 0.3) is 0 Å². The van der Waals surface area contributed by atoms with Crippen LogP contribution < -0.4 is 15.4 Å². The molecule has 0 saturated carbocycles. The van der Waals surface area contributed by atoms with Gasteiger partial charge < -0.3 is 15.4 Å². The molecule has 0 spiro atoms. The predicted octanol–water partition coefficient (Wildman–Crippen LogP) is 2.62. The molecule has 1 aromatic rings. The smallest absolute Gasteiger partial charge is 0.191 e. The van der Waals surface area contributed by atoms with Gasteiger partial charge in [0.05, 0.1) is 7.11 Å². The molecule has 0 heterocycles. The molecule has 0 bridgehead atoms. The molecule has 4 heteroatoms. The Kier molecular flexibility index (Phi) is 6.91. The summed E-state index contributed by atoms with van der Waals surface area (Å²) in [6.45, 7) is 8.27.